The summed E-state index contributed by atoms with van der Waals surface area (Å²) in [6.07, 6.45) is 0.377. The van der Waals surface area contributed by atoms with Crippen molar-refractivity contribution in [1.82, 2.24) is 0 Å². The topological polar surface area (TPSA) is 35.5 Å². The molecular formula is C65H13O3P. The maximum Gasteiger partial charge on any atom is 0.331 e. The third-order valence-corrected chi connectivity index (χ3v) is 26.6. The van der Waals surface area contributed by atoms with Crippen molar-refractivity contribution >= 4 is 298 Å². The lowest BCUT2D eigenvalue weighted by atomic mass is 9.58. The second-order valence-corrected chi connectivity index (χ2v) is 26.9. The predicted octanol–water partition coefficient (Wildman–Crippen LogP) is 18.4. The van der Waals surface area contributed by atoms with Crippen molar-refractivity contribution in [3.63, 3.8) is 0 Å². The van der Waals surface area contributed by atoms with Crippen LogP contribution in [-0.4, -0.2) is 19.4 Å². The molecule has 32 rings (SSSR count). The minimum atomic E-state index is -3.67. The lowest BCUT2D eigenvalue weighted by Gasteiger charge is -2.46. The molecule has 4 aliphatic carbocycles. The molecule has 0 aliphatic heterocycles. The van der Waals surface area contributed by atoms with Gasteiger partial charge in [0.15, 0.2) is 0 Å². The third kappa shape index (κ3) is 1.50. The van der Waals surface area contributed by atoms with Gasteiger partial charge >= 0.3 is 7.60 Å². The van der Waals surface area contributed by atoms with Gasteiger partial charge in [0.2, 0.25) is 0 Å². The van der Waals surface area contributed by atoms with Crippen LogP contribution < -0.4 is 0 Å². The Kier molecular flexibility index (Phi) is 2.42. The van der Waals surface area contributed by atoms with Crippen LogP contribution in [0.25, 0.3) is 291 Å². The molecule has 296 valence electrons. The molecule has 0 N–H and O–H groups in total. The van der Waals surface area contributed by atoms with Gasteiger partial charge in [-0.15, -0.1) is 0 Å². The quantitative estimate of drug-likeness (QED) is 0.123. The van der Waals surface area contributed by atoms with Crippen LogP contribution in [0.3, 0.4) is 0 Å². The molecule has 0 saturated carbocycles. The molecule has 4 aliphatic rings. The Morgan fingerprint density at radius 2 is 0.435 bits per heavy atom. The minimum Gasteiger partial charge on any atom is -0.309 e. The summed E-state index contributed by atoms with van der Waals surface area (Å²) >= 11 is 0. The van der Waals surface area contributed by atoms with E-state index < -0.39 is 13.0 Å². The van der Waals surface area contributed by atoms with Crippen molar-refractivity contribution in [2.45, 2.75) is 25.2 Å². The minimum absolute atomic E-state index is 0.0253. The van der Waals surface area contributed by atoms with Gasteiger partial charge in [0.1, 0.15) is 0 Å². The largest absolute Gasteiger partial charge is 0.331 e. The highest BCUT2D eigenvalue weighted by Crippen LogP contribution is 2.84. The van der Waals surface area contributed by atoms with E-state index in [1.54, 1.807) is 280 Å². The molecule has 0 heterocycles. The first-order chi connectivity index (χ1) is 34.2. The number of rotatable bonds is 6. The van der Waals surface area contributed by atoms with E-state index in [1.165, 1.54) is 32.7 Å². The van der Waals surface area contributed by atoms with Gasteiger partial charge in [0.05, 0.1) is 19.4 Å². The lowest BCUT2D eigenvalue weighted by Crippen LogP contribution is -2.41. The van der Waals surface area contributed by atoms with E-state index in [0.717, 1.165) is 0 Å². The number of benzene rings is 18. The molecule has 28 aromatic carbocycles. The summed E-state index contributed by atoms with van der Waals surface area (Å²) < 4.78 is 29.7. The highest BCUT2D eigenvalue weighted by molar-refractivity contribution is 7.54. The molecule has 0 spiro atoms. The first-order valence-electron chi connectivity index (χ1n) is 25.8. The molecule has 69 heavy (non-hydrogen) atoms. The molecule has 0 unspecified atom stereocenters. The molecule has 3 nitrogen and oxygen atoms in total. The lowest BCUT2D eigenvalue weighted by molar-refractivity contribution is 0.214. The van der Waals surface area contributed by atoms with E-state index in [-0.39, 0.29) is 5.92 Å². The summed E-state index contributed by atoms with van der Waals surface area (Å²) in [7, 11) is -3.67. The summed E-state index contributed by atoms with van der Waals surface area (Å²) in [5, 5.41) is 85.7. The summed E-state index contributed by atoms with van der Waals surface area (Å²) in [5.74, 6) is 0.0253. The van der Waals surface area contributed by atoms with Crippen molar-refractivity contribution < 1.29 is 13.6 Å². The van der Waals surface area contributed by atoms with Crippen LogP contribution in [-0.2, 0) is 19.0 Å². The maximum absolute atomic E-state index is 16.3. The zero-order valence-electron chi connectivity index (χ0n) is 35.9. The fraction of sp³-hybridized carbons (Fsp3) is 0.108. The van der Waals surface area contributed by atoms with Crippen molar-refractivity contribution in [3.8, 4) is 0 Å². The van der Waals surface area contributed by atoms with Crippen LogP contribution in [0.15, 0.2) is 0 Å². The molecule has 0 radical (unpaired) electrons. The van der Waals surface area contributed by atoms with Crippen LogP contribution in [0.5, 0.6) is 0 Å². The number of hydrogen-bond acceptors (Lipinski definition) is 3. The van der Waals surface area contributed by atoms with Gasteiger partial charge in [-0.25, -0.2) is 0 Å². The molecule has 4 heteroatoms. The smallest absolute Gasteiger partial charge is 0.309 e. The van der Waals surface area contributed by atoms with E-state index in [2.05, 4.69) is 0 Å². The Labute approximate surface area is 376 Å². The Balaban J connectivity index is 1.19. The Morgan fingerprint density at radius 1 is 0.275 bits per heavy atom. The van der Waals surface area contributed by atoms with E-state index in [1.807, 2.05) is 13.8 Å². The van der Waals surface area contributed by atoms with Gasteiger partial charge in [0.25, 0.3) is 0 Å². The zero-order valence-corrected chi connectivity index (χ0v) is 36.8. The van der Waals surface area contributed by atoms with E-state index in [0.29, 0.717) is 19.4 Å². The van der Waals surface area contributed by atoms with Crippen LogP contribution in [0.1, 0.15) is 42.0 Å². The molecule has 0 bridgehead atoms. The Morgan fingerprint density at radius 3 is 0.638 bits per heavy atom. The van der Waals surface area contributed by atoms with Gasteiger partial charge in [0, 0.05) is 11.3 Å². The second-order valence-electron chi connectivity index (χ2n) is 24.8. The summed E-state index contributed by atoms with van der Waals surface area (Å²) in [6.45, 7) is 4.79. The van der Waals surface area contributed by atoms with Crippen LogP contribution >= 0.6 is 7.60 Å². The number of hydrogen-bond donors (Lipinski definition) is 0. The third-order valence-electron chi connectivity index (χ3n) is 24.4. The molecule has 0 saturated heterocycles. The Hall–Kier alpha value is -7.39. The highest BCUT2D eigenvalue weighted by Gasteiger charge is 2.64. The van der Waals surface area contributed by atoms with Gasteiger partial charge in [-0.2, -0.15) is 0 Å². The van der Waals surface area contributed by atoms with Crippen LogP contribution in [0.4, 0.5) is 0 Å². The molecule has 0 fully saturated rings. The molecule has 0 amide bonds. The monoisotopic (exact) mass is 872 g/mol. The standard InChI is InChI=1S/C65H13O3P/c1-3-67-69(66,68-4-2)5-65-62-58-52-38-30-22-10-7-6-8-11(10)23-25-21-15(8)17-13-9(6)12-16-14(7)20-24(22)36(38)44-42-28(20)26(16)34-32-18(12)19(13)33-35-27(17)29(21)43-45-37(25)39(31(23)30)53(52)59(62)55(45)57-49(43)47(35)51-41(33)40(32)50-46(34)48(42)56(54(44)58)63(65)60(50)61(51)64(57)65/h62H,3-5H2,1-2H3. The summed E-state index contributed by atoms with van der Waals surface area (Å²) in [6, 6.07) is 0. The average molecular weight is 873 g/mol. The van der Waals surface area contributed by atoms with Crippen molar-refractivity contribution in [2.24, 2.45) is 0 Å². The van der Waals surface area contributed by atoms with Gasteiger partial charge in [-0.1, -0.05) is 0 Å². The fourth-order valence-electron chi connectivity index (χ4n) is 24.4. The van der Waals surface area contributed by atoms with Crippen LogP contribution in [0, 0.1) is 0 Å². The fourth-order valence-corrected chi connectivity index (χ4v) is 26.6. The van der Waals surface area contributed by atoms with Crippen molar-refractivity contribution in [3.05, 3.63) is 22.3 Å². The van der Waals surface area contributed by atoms with E-state index >= 15 is 4.57 Å². The van der Waals surface area contributed by atoms with Crippen LogP contribution in [0.2, 0.25) is 0 Å². The molecule has 28 aromatic rings. The van der Waals surface area contributed by atoms with E-state index in [9.17, 15) is 0 Å². The van der Waals surface area contributed by atoms with Gasteiger partial charge in [-0.05, 0) is 327 Å². The van der Waals surface area contributed by atoms with E-state index in [4.69, 9.17) is 9.05 Å². The average Bonchev–Trinajstić information content (AvgIpc) is 4.25. The van der Waals surface area contributed by atoms with Crippen molar-refractivity contribution in [1.29, 1.82) is 0 Å². The molecule has 0 atom stereocenters. The maximum atomic E-state index is 16.3. The summed E-state index contributed by atoms with van der Waals surface area (Å²) in [4.78, 5) is 0. The normalized spacial score (nSPS) is 21.2. The Bertz CT molecular complexity index is 6920. The van der Waals surface area contributed by atoms with Gasteiger partial charge in [-0.3, -0.25) is 4.57 Å². The highest BCUT2D eigenvalue weighted by atomic mass is 31.2. The predicted molar refractivity (Wildman–Crippen MR) is 291 cm³/mol. The SMILES string of the molecule is CCOP(=O)(CC12c3c4c5c6c7c8c(c9c%10c1c1c3c3c%11c4c4c5c5c7c7c%12c8c8c9c9c%10c%10c1c1c3c3c%11c%11c4c4c5c7c5c7c%12c8c8c9c9c%10c1c1c3c3c%11c4c5c4c7c8c9c1c34)C62)OCC. The first kappa shape index (κ1) is 27.0. The van der Waals surface area contributed by atoms with Crippen molar-refractivity contribution in [2.75, 3.05) is 19.4 Å². The molecule has 0 aromatic heterocycles. The first-order valence-corrected chi connectivity index (χ1v) is 27.6. The second kappa shape index (κ2) is 6.18. The van der Waals surface area contributed by atoms with Gasteiger partial charge < -0.3 is 9.05 Å². The zero-order chi connectivity index (χ0) is 41.6. The summed E-state index contributed by atoms with van der Waals surface area (Å²) in [5.41, 5.74) is 5.59. The molecular weight excluding hydrogens is 860 g/mol.